The van der Waals surface area contributed by atoms with Crippen molar-refractivity contribution in [1.29, 1.82) is 0 Å². The van der Waals surface area contributed by atoms with Crippen LogP contribution in [0.25, 0.3) is 22.9 Å². The molecular weight excluding hydrogens is 338 g/mol. The van der Waals surface area contributed by atoms with Crippen molar-refractivity contribution in [2.45, 2.75) is 6.92 Å². The van der Waals surface area contributed by atoms with Crippen LogP contribution in [0.1, 0.15) is 15.9 Å². The van der Waals surface area contributed by atoms with Gasteiger partial charge in [-0.05, 0) is 43.3 Å². The van der Waals surface area contributed by atoms with Crippen molar-refractivity contribution in [1.82, 2.24) is 15.1 Å². The summed E-state index contributed by atoms with van der Waals surface area (Å²) < 4.78 is 5.79. The summed E-state index contributed by atoms with van der Waals surface area (Å²) in [5.41, 5.74) is 3.35. The topological polar surface area (TPSA) is 59.2 Å². The third kappa shape index (κ3) is 4.20. The molecule has 27 heavy (non-hydrogen) atoms. The standard InChI is InChI=1S/C22H21N3O2/c1-4-13-25(14-5-2)22(26)18-11-9-17(10-12-18)20-23-24-21(27-20)19-8-6-7-16(3)15-19/h4-12,15H,1-2,13-14H2,3H3. The summed E-state index contributed by atoms with van der Waals surface area (Å²) in [5.74, 6) is 0.809. The maximum absolute atomic E-state index is 12.6. The number of carbonyl (C=O) groups excluding carboxylic acids is 1. The number of aryl methyl sites for hydroxylation is 1. The van der Waals surface area contributed by atoms with Gasteiger partial charge in [0.1, 0.15) is 0 Å². The van der Waals surface area contributed by atoms with E-state index in [0.29, 0.717) is 30.4 Å². The van der Waals surface area contributed by atoms with E-state index in [-0.39, 0.29) is 5.91 Å². The molecule has 0 atom stereocenters. The number of hydrogen-bond donors (Lipinski definition) is 0. The molecule has 1 amide bonds. The second-order valence-corrected chi connectivity index (χ2v) is 6.15. The summed E-state index contributed by atoms with van der Waals surface area (Å²) in [6.45, 7) is 10.3. The molecule has 0 N–H and O–H groups in total. The number of aromatic nitrogens is 2. The first kappa shape index (κ1) is 18.3. The van der Waals surface area contributed by atoms with Gasteiger partial charge in [0.15, 0.2) is 0 Å². The lowest BCUT2D eigenvalue weighted by atomic mass is 10.1. The summed E-state index contributed by atoms with van der Waals surface area (Å²) in [6, 6.07) is 15.0. The zero-order chi connectivity index (χ0) is 19.2. The average Bonchev–Trinajstić information content (AvgIpc) is 3.18. The van der Waals surface area contributed by atoms with Gasteiger partial charge in [0, 0.05) is 29.8 Å². The summed E-state index contributed by atoms with van der Waals surface area (Å²) in [4.78, 5) is 14.2. The van der Waals surface area contributed by atoms with Crippen LogP contribution in [0.4, 0.5) is 0 Å². The zero-order valence-electron chi connectivity index (χ0n) is 15.3. The Balaban J connectivity index is 1.80. The van der Waals surface area contributed by atoms with Gasteiger partial charge in [-0.15, -0.1) is 23.4 Å². The molecule has 0 aliphatic heterocycles. The number of amides is 1. The lowest BCUT2D eigenvalue weighted by Gasteiger charge is -2.19. The van der Waals surface area contributed by atoms with E-state index in [2.05, 4.69) is 23.4 Å². The van der Waals surface area contributed by atoms with E-state index >= 15 is 0 Å². The third-order valence-corrected chi connectivity index (χ3v) is 4.06. The number of benzene rings is 2. The van der Waals surface area contributed by atoms with Crippen molar-refractivity contribution in [3.05, 3.63) is 85.0 Å². The largest absolute Gasteiger partial charge is 0.416 e. The van der Waals surface area contributed by atoms with Crippen LogP contribution in [-0.2, 0) is 0 Å². The minimum absolute atomic E-state index is 0.0765. The Hall–Kier alpha value is -3.47. The predicted octanol–water partition coefficient (Wildman–Crippen LogP) is 4.53. The quantitative estimate of drug-likeness (QED) is 0.582. The molecule has 0 fully saturated rings. The van der Waals surface area contributed by atoms with Crippen LogP contribution in [0.3, 0.4) is 0 Å². The van der Waals surface area contributed by atoms with Gasteiger partial charge in [-0.1, -0.05) is 29.8 Å². The Labute approximate surface area is 158 Å². The zero-order valence-corrected chi connectivity index (χ0v) is 15.3. The van der Waals surface area contributed by atoms with Gasteiger partial charge in [0.2, 0.25) is 11.8 Å². The molecule has 0 radical (unpaired) electrons. The fourth-order valence-electron chi connectivity index (χ4n) is 2.72. The molecule has 1 heterocycles. The highest BCUT2D eigenvalue weighted by molar-refractivity contribution is 5.94. The first-order chi connectivity index (χ1) is 13.1. The van der Waals surface area contributed by atoms with Crippen LogP contribution < -0.4 is 0 Å². The smallest absolute Gasteiger partial charge is 0.254 e. The molecule has 0 bridgehead atoms. The lowest BCUT2D eigenvalue weighted by Crippen LogP contribution is -2.31. The van der Waals surface area contributed by atoms with E-state index in [0.717, 1.165) is 16.7 Å². The van der Waals surface area contributed by atoms with Crippen LogP contribution in [0.5, 0.6) is 0 Å². The number of rotatable bonds is 7. The molecule has 0 spiro atoms. The summed E-state index contributed by atoms with van der Waals surface area (Å²) in [5, 5.41) is 8.25. The summed E-state index contributed by atoms with van der Waals surface area (Å²) in [7, 11) is 0. The molecule has 5 nitrogen and oxygen atoms in total. The Morgan fingerprint density at radius 3 is 2.22 bits per heavy atom. The Bertz CT molecular complexity index is 948. The van der Waals surface area contributed by atoms with E-state index in [1.54, 1.807) is 41.3 Å². The molecule has 5 heteroatoms. The maximum Gasteiger partial charge on any atom is 0.254 e. The fraction of sp³-hybridized carbons (Fsp3) is 0.136. The lowest BCUT2D eigenvalue weighted by molar-refractivity contribution is 0.0791. The average molecular weight is 359 g/mol. The molecule has 2 aromatic carbocycles. The predicted molar refractivity (Wildman–Crippen MR) is 106 cm³/mol. The van der Waals surface area contributed by atoms with Gasteiger partial charge in [0.05, 0.1) is 0 Å². The van der Waals surface area contributed by atoms with Crippen molar-refractivity contribution >= 4 is 5.91 Å². The van der Waals surface area contributed by atoms with Crippen LogP contribution in [0.2, 0.25) is 0 Å². The first-order valence-electron chi connectivity index (χ1n) is 8.64. The van der Waals surface area contributed by atoms with E-state index in [4.69, 9.17) is 4.42 Å². The Morgan fingerprint density at radius 1 is 1.00 bits per heavy atom. The number of carbonyl (C=O) groups is 1. The van der Waals surface area contributed by atoms with Gasteiger partial charge < -0.3 is 9.32 Å². The molecule has 0 unspecified atom stereocenters. The van der Waals surface area contributed by atoms with Crippen molar-refractivity contribution in [2.24, 2.45) is 0 Å². The monoisotopic (exact) mass is 359 g/mol. The van der Waals surface area contributed by atoms with Gasteiger partial charge in [-0.25, -0.2) is 0 Å². The van der Waals surface area contributed by atoms with Crippen LogP contribution in [-0.4, -0.2) is 34.1 Å². The van der Waals surface area contributed by atoms with E-state index in [1.807, 2.05) is 31.2 Å². The van der Waals surface area contributed by atoms with Crippen molar-refractivity contribution in [2.75, 3.05) is 13.1 Å². The molecule has 0 saturated carbocycles. The highest BCUT2D eigenvalue weighted by atomic mass is 16.4. The van der Waals surface area contributed by atoms with Gasteiger partial charge in [0.25, 0.3) is 5.91 Å². The first-order valence-corrected chi connectivity index (χ1v) is 8.64. The fourth-order valence-corrected chi connectivity index (χ4v) is 2.72. The van der Waals surface area contributed by atoms with Gasteiger partial charge >= 0.3 is 0 Å². The Morgan fingerprint density at radius 2 is 1.63 bits per heavy atom. The minimum atomic E-state index is -0.0765. The van der Waals surface area contributed by atoms with Gasteiger partial charge in [-0.2, -0.15) is 0 Å². The van der Waals surface area contributed by atoms with E-state index < -0.39 is 0 Å². The van der Waals surface area contributed by atoms with Crippen LogP contribution in [0.15, 0.2) is 78.3 Å². The maximum atomic E-state index is 12.6. The highest BCUT2D eigenvalue weighted by Gasteiger charge is 2.15. The normalized spacial score (nSPS) is 10.4. The molecule has 136 valence electrons. The summed E-state index contributed by atoms with van der Waals surface area (Å²) >= 11 is 0. The SMILES string of the molecule is C=CCN(CC=C)C(=O)c1ccc(-c2nnc(-c3cccc(C)c3)o2)cc1. The Kier molecular flexibility index (Phi) is 5.61. The minimum Gasteiger partial charge on any atom is -0.416 e. The van der Waals surface area contributed by atoms with Crippen molar-refractivity contribution < 1.29 is 9.21 Å². The third-order valence-electron chi connectivity index (χ3n) is 4.06. The number of nitrogens with zero attached hydrogens (tertiary/aromatic N) is 3. The van der Waals surface area contributed by atoms with E-state index in [1.165, 1.54) is 0 Å². The molecule has 3 rings (SSSR count). The van der Waals surface area contributed by atoms with Crippen LogP contribution >= 0.6 is 0 Å². The molecule has 3 aromatic rings. The highest BCUT2D eigenvalue weighted by Crippen LogP contribution is 2.24. The molecule has 0 saturated heterocycles. The van der Waals surface area contributed by atoms with Crippen LogP contribution in [0, 0.1) is 6.92 Å². The second-order valence-electron chi connectivity index (χ2n) is 6.15. The summed E-state index contributed by atoms with van der Waals surface area (Å²) in [6.07, 6.45) is 3.39. The van der Waals surface area contributed by atoms with Crippen molar-refractivity contribution in [3.8, 4) is 22.9 Å². The van der Waals surface area contributed by atoms with Crippen molar-refractivity contribution in [3.63, 3.8) is 0 Å². The number of hydrogen-bond acceptors (Lipinski definition) is 4. The molecular formula is C22H21N3O2. The second kappa shape index (κ2) is 8.27. The molecule has 1 aromatic heterocycles. The van der Waals surface area contributed by atoms with E-state index in [9.17, 15) is 4.79 Å². The molecule has 0 aliphatic rings. The van der Waals surface area contributed by atoms with Gasteiger partial charge in [-0.3, -0.25) is 4.79 Å². The molecule has 0 aliphatic carbocycles.